The molecule has 18 heavy (non-hydrogen) atoms. The largest absolute Gasteiger partial charge is 0.385 e. The smallest absolute Gasteiger partial charge is 0.150 e. The van der Waals surface area contributed by atoms with E-state index < -0.39 is 9.84 Å². The van der Waals surface area contributed by atoms with Crippen LogP contribution in [0.25, 0.3) is 0 Å². The number of halogens is 2. The topological polar surface area (TPSA) is 46.2 Å². The van der Waals surface area contributed by atoms with Crippen LogP contribution < -0.4 is 5.32 Å². The van der Waals surface area contributed by atoms with Crippen molar-refractivity contribution >= 4 is 31.5 Å². The third-order valence-corrected chi connectivity index (χ3v) is 5.05. The van der Waals surface area contributed by atoms with Crippen LogP contribution in [0.3, 0.4) is 0 Å². The van der Waals surface area contributed by atoms with E-state index in [9.17, 15) is 12.8 Å². The second-order valence-corrected chi connectivity index (χ2v) is 7.43. The first kappa shape index (κ1) is 15.4. The zero-order valence-corrected chi connectivity index (χ0v) is 12.9. The highest BCUT2D eigenvalue weighted by molar-refractivity contribution is 9.10. The second-order valence-electron chi connectivity index (χ2n) is 4.10. The average molecular weight is 338 g/mol. The molecule has 0 saturated heterocycles. The van der Waals surface area contributed by atoms with E-state index in [1.54, 1.807) is 13.0 Å². The molecule has 0 heterocycles. The third kappa shape index (κ3) is 4.57. The van der Waals surface area contributed by atoms with Gasteiger partial charge in [-0.15, -0.1) is 0 Å². The van der Waals surface area contributed by atoms with Crippen LogP contribution in [0.5, 0.6) is 0 Å². The molecule has 1 rings (SSSR count). The van der Waals surface area contributed by atoms with Crippen LogP contribution >= 0.6 is 15.9 Å². The SMILES string of the molecule is CCS(=O)(=O)CCCNc1cc(F)c(Br)cc1C. The lowest BCUT2D eigenvalue weighted by Gasteiger charge is -2.10. The normalized spacial score (nSPS) is 11.6. The van der Waals surface area contributed by atoms with Gasteiger partial charge < -0.3 is 5.32 Å². The van der Waals surface area contributed by atoms with Gasteiger partial charge in [-0.25, -0.2) is 12.8 Å². The highest BCUT2D eigenvalue weighted by Gasteiger charge is 2.08. The lowest BCUT2D eigenvalue weighted by atomic mass is 10.2. The van der Waals surface area contributed by atoms with Gasteiger partial charge in [0.05, 0.1) is 10.2 Å². The maximum atomic E-state index is 13.3. The van der Waals surface area contributed by atoms with E-state index in [1.807, 2.05) is 6.92 Å². The first-order chi connectivity index (χ1) is 8.35. The van der Waals surface area contributed by atoms with Gasteiger partial charge in [0.1, 0.15) is 15.7 Å². The monoisotopic (exact) mass is 337 g/mol. The van der Waals surface area contributed by atoms with Crippen molar-refractivity contribution in [3.05, 3.63) is 28.0 Å². The highest BCUT2D eigenvalue weighted by Crippen LogP contribution is 2.23. The van der Waals surface area contributed by atoms with E-state index in [-0.39, 0.29) is 17.3 Å². The Hall–Kier alpha value is -0.620. The number of aryl methyl sites for hydroxylation is 1. The van der Waals surface area contributed by atoms with E-state index in [2.05, 4.69) is 21.2 Å². The second kappa shape index (κ2) is 6.52. The molecular formula is C12H17BrFNO2S. The Bertz CT molecular complexity index is 517. The van der Waals surface area contributed by atoms with E-state index >= 15 is 0 Å². The number of rotatable bonds is 6. The lowest BCUT2D eigenvalue weighted by Crippen LogP contribution is -2.13. The average Bonchev–Trinajstić information content (AvgIpc) is 2.31. The van der Waals surface area contributed by atoms with E-state index in [0.29, 0.717) is 23.1 Å². The van der Waals surface area contributed by atoms with Crippen molar-refractivity contribution < 1.29 is 12.8 Å². The minimum atomic E-state index is -2.92. The summed E-state index contributed by atoms with van der Waals surface area (Å²) in [6, 6.07) is 3.11. The van der Waals surface area contributed by atoms with Crippen LogP contribution in [0, 0.1) is 12.7 Å². The van der Waals surface area contributed by atoms with Gasteiger partial charge in [0.15, 0.2) is 0 Å². The van der Waals surface area contributed by atoms with Crippen LogP contribution in [0.2, 0.25) is 0 Å². The molecule has 1 N–H and O–H groups in total. The van der Waals surface area contributed by atoms with Crippen molar-refractivity contribution in [2.75, 3.05) is 23.4 Å². The summed E-state index contributed by atoms with van der Waals surface area (Å²) in [5, 5.41) is 3.05. The molecule has 0 atom stereocenters. The van der Waals surface area contributed by atoms with Gasteiger partial charge in [0, 0.05) is 18.0 Å². The predicted octanol–water partition coefficient (Wildman–Crippen LogP) is 3.13. The number of sulfone groups is 1. The van der Waals surface area contributed by atoms with Crippen molar-refractivity contribution in [3.63, 3.8) is 0 Å². The molecule has 3 nitrogen and oxygen atoms in total. The Labute approximate surface area is 116 Å². The molecule has 102 valence electrons. The van der Waals surface area contributed by atoms with Gasteiger partial charge in [-0.05, 0) is 47.0 Å². The molecule has 0 saturated carbocycles. The zero-order valence-electron chi connectivity index (χ0n) is 10.5. The van der Waals surface area contributed by atoms with Crippen molar-refractivity contribution in [1.82, 2.24) is 0 Å². The van der Waals surface area contributed by atoms with Crippen LogP contribution in [0.15, 0.2) is 16.6 Å². The summed E-state index contributed by atoms with van der Waals surface area (Å²) in [5.41, 5.74) is 1.62. The molecule has 0 radical (unpaired) electrons. The molecular weight excluding hydrogens is 321 g/mol. The number of benzene rings is 1. The molecule has 1 aromatic carbocycles. The van der Waals surface area contributed by atoms with E-state index in [4.69, 9.17) is 0 Å². The van der Waals surface area contributed by atoms with Crippen molar-refractivity contribution in [2.24, 2.45) is 0 Å². The first-order valence-corrected chi connectivity index (χ1v) is 8.37. The minimum Gasteiger partial charge on any atom is -0.385 e. The van der Waals surface area contributed by atoms with E-state index in [1.165, 1.54) is 6.07 Å². The maximum absolute atomic E-state index is 13.3. The number of hydrogen-bond acceptors (Lipinski definition) is 3. The molecule has 0 aliphatic carbocycles. The van der Waals surface area contributed by atoms with Gasteiger partial charge in [-0.3, -0.25) is 0 Å². The van der Waals surface area contributed by atoms with Crippen molar-refractivity contribution in [2.45, 2.75) is 20.3 Å². The highest BCUT2D eigenvalue weighted by atomic mass is 79.9. The van der Waals surface area contributed by atoms with Crippen LogP contribution in [-0.2, 0) is 9.84 Å². The Balaban J connectivity index is 2.52. The lowest BCUT2D eigenvalue weighted by molar-refractivity contribution is 0.595. The first-order valence-electron chi connectivity index (χ1n) is 5.75. The minimum absolute atomic E-state index is 0.161. The molecule has 0 aliphatic heterocycles. The molecule has 0 bridgehead atoms. The summed E-state index contributed by atoms with van der Waals surface area (Å²) in [6.07, 6.45) is 0.521. The van der Waals surface area contributed by atoms with Crippen molar-refractivity contribution in [3.8, 4) is 0 Å². The standard InChI is InChI=1S/C12H17BrFNO2S/c1-3-18(16,17)6-4-5-15-12-8-11(14)10(13)7-9(12)2/h7-8,15H,3-6H2,1-2H3. The maximum Gasteiger partial charge on any atom is 0.150 e. The van der Waals surface area contributed by atoms with Crippen LogP contribution in [0.1, 0.15) is 18.9 Å². The Morgan fingerprint density at radius 2 is 2.06 bits per heavy atom. The molecule has 0 amide bonds. The number of nitrogens with one attached hydrogen (secondary N) is 1. The van der Waals surface area contributed by atoms with Crippen LogP contribution in [0.4, 0.5) is 10.1 Å². The molecule has 6 heteroatoms. The Kier molecular flexibility index (Phi) is 5.59. The number of hydrogen-bond donors (Lipinski definition) is 1. The zero-order chi connectivity index (χ0) is 13.8. The summed E-state index contributed by atoms with van der Waals surface area (Å²) in [4.78, 5) is 0. The fraction of sp³-hybridized carbons (Fsp3) is 0.500. The number of anilines is 1. The fourth-order valence-electron chi connectivity index (χ4n) is 1.50. The van der Waals surface area contributed by atoms with Crippen molar-refractivity contribution in [1.29, 1.82) is 0 Å². The van der Waals surface area contributed by atoms with Gasteiger partial charge >= 0.3 is 0 Å². The molecule has 0 fully saturated rings. The quantitative estimate of drug-likeness (QED) is 0.811. The molecule has 0 aliphatic rings. The molecule has 0 aromatic heterocycles. The van der Waals surface area contributed by atoms with Crippen LogP contribution in [-0.4, -0.2) is 26.5 Å². The van der Waals surface area contributed by atoms with E-state index in [0.717, 1.165) is 5.56 Å². The molecule has 0 unspecified atom stereocenters. The van der Waals surface area contributed by atoms with Gasteiger partial charge in [0.25, 0.3) is 0 Å². The third-order valence-electron chi connectivity index (χ3n) is 2.65. The Morgan fingerprint density at radius 3 is 2.67 bits per heavy atom. The molecule has 1 aromatic rings. The summed E-state index contributed by atoms with van der Waals surface area (Å²) < 4.78 is 36.3. The summed E-state index contributed by atoms with van der Waals surface area (Å²) in [5.74, 6) is -0.00249. The summed E-state index contributed by atoms with van der Waals surface area (Å²) in [6.45, 7) is 4.02. The Morgan fingerprint density at radius 1 is 1.39 bits per heavy atom. The van der Waals surface area contributed by atoms with Gasteiger partial charge in [-0.2, -0.15) is 0 Å². The summed E-state index contributed by atoms with van der Waals surface area (Å²) in [7, 11) is -2.92. The van der Waals surface area contributed by atoms with Gasteiger partial charge in [0.2, 0.25) is 0 Å². The summed E-state index contributed by atoms with van der Waals surface area (Å²) >= 11 is 3.12. The predicted molar refractivity (Wildman–Crippen MR) is 76.3 cm³/mol. The fourth-order valence-corrected chi connectivity index (χ4v) is 2.83. The van der Waals surface area contributed by atoms with Gasteiger partial charge in [-0.1, -0.05) is 6.92 Å². The molecule has 0 spiro atoms.